The van der Waals surface area contributed by atoms with Gasteiger partial charge in [0.2, 0.25) is 5.91 Å². The molecule has 234 valence electrons. The molecule has 6 rings (SSSR count). The van der Waals surface area contributed by atoms with Crippen molar-refractivity contribution in [3.63, 3.8) is 0 Å². The third kappa shape index (κ3) is 5.92. The summed E-state index contributed by atoms with van der Waals surface area (Å²) in [7, 11) is 1.68. The van der Waals surface area contributed by atoms with Gasteiger partial charge in [0.25, 0.3) is 0 Å². The number of ether oxygens (including phenoxy) is 2. The van der Waals surface area contributed by atoms with E-state index in [9.17, 15) is 9.90 Å². The number of rotatable bonds is 10. The Kier molecular flexibility index (Phi) is 8.76. The number of pyridine rings is 1. The van der Waals surface area contributed by atoms with Crippen LogP contribution in [-0.2, 0) is 9.53 Å². The molecule has 0 aliphatic heterocycles. The number of anilines is 1. The van der Waals surface area contributed by atoms with Gasteiger partial charge in [-0.15, -0.1) is 0 Å². The van der Waals surface area contributed by atoms with Crippen molar-refractivity contribution in [1.29, 1.82) is 0 Å². The van der Waals surface area contributed by atoms with Crippen molar-refractivity contribution in [3.8, 4) is 5.75 Å². The normalized spacial score (nSPS) is 34.0. The molecule has 7 nitrogen and oxygen atoms in total. The molecule has 0 radical (unpaired) electrons. The lowest BCUT2D eigenvalue weighted by Gasteiger charge is -2.57. The Labute approximate surface area is 257 Å². The van der Waals surface area contributed by atoms with Gasteiger partial charge < -0.3 is 25.2 Å². The van der Waals surface area contributed by atoms with E-state index in [0.29, 0.717) is 18.4 Å². The quantitative estimate of drug-likeness (QED) is 0.212. The number of amides is 1. The predicted molar refractivity (Wildman–Crippen MR) is 171 cm³/mol. The van der Waals surface area contributed by atoms with E-state index in [-0.39, 0.29) is 41.6 Å². The maximum absolute atomic E-state index is 12.8. The molecule has 3 N–H and O–H groups in total. The number of aliphatic hydroxyl groups excluding tert-OH is 1. The molecular formula is C36H51N3O4. The van der Waals surface area contributed by atoms with Gasteiger partial charge in [0.05, 0.1) is 30.5 Å². The van der Waals surface area contributed by atoms with Crippen LogP contribution >= 0.6 is 0 Å². The first kappa shape index (κ1) is 30.4. The molecule has 4 aliphatic carbocycles. The van der Waals surface area contributed by atoms with E-state index in [0.717, 1.165) is 73.2 Å². The molecule has 1 heterocycles. The van der Waals surface area contributed by atoms with Crippen molar-refractivity contribution in [3.05, 3.63) is 42.1 Å². The van der Waals surface area contributed by atoms with Crippen LogP contribution in [0.15, 0.2) is 42.1 Å². The number of benzene rings is 1. The fraction of sp³-hybridized carbons (Fsp3) is 0.667. The Morgan fingerprint density at radius 1 is 1.16 bits per heavy atom. The number of nitrogens with one attached hydrogen (secondary N) is 2. The van der Waals surface area contributed by atoms with Gasteiger partial charge in [0, 0.05) is 30.2 Å². The number of hydrogen-bond donors (Lipinski definition) is 3. The van der Waals surface area contributed by atoms with Gasteiger partial charge in [-0.3, -0.25) is 9.78 Å². The first-order valence-electron chi connectivity index (χ1n) is 16.7. The van der Waals surface area contributed by atoms with Gasteiger partial charge >= 0.3 is 0 Å². The molecule has 0 spiro atoms. The highest BCUT2D eigenvalue weighted by molar-refractivity contribution is 5.91. The summed E-state index contributed by atoms with van der Waals surface area (Å²) >= 11 is 0. The van der Waals surface area contributed by atoms with Gasteiger partial charge in [0.15, 0.2) is 0 Å². The van der Waals surface area contributed by atoms with Crippen LogP contribution in [0, 0.1) is 28.6 Å². The first-order chi connectivity index (χ1) is 20.7. The average molecular weight is 590 g/mol. The Hall–Kier alpha value is -2.64. The second kappa shape index (κ2) is 12.4. The zero-order valence-electron chi connectivity index (χ0n) is 26.5. The van der Waals surface area contributed by atoms with E-state index in [2.05, 4.69) is 42.5 Å². The summed E-state index contributed by atoms with van der Waals surface area (Å²) in [6.07, 6.45) is 14.9. The number of allylic oxidation sites excluding steroid dienone is 1. The average Bonchev–Trinajstić information content (AvgIpc) is 3.34. The van der Waals surface area contributed by atoms with E-state index in [1.165, 1.54) is 24.8 Å². The van der Waals surface area contributed by atoms with Gasteiger partial charge in [-0.25, -0.2) is 0 Å². The van der Waals surface area contributed by atoms with Crippen LogP contribution in [0.3, 0.4) is 0 Å². The lowest BCUT2D eigenvalue weighted by Crippen LogP contribution is -2.51. The molecule has 2 aromatic rings. The molecule has 0 saturated heterocycles. The van der Waals surface area contributed by atoms with Crippen LogP contribution in [-0.4, -0.2) is 54.5 Å². The number of carbonyl (C=O) groups excluding carboxylic acids is 1. The maximum Gasteiger partial charge on any atom is 0.246 e. The second-order valence-corrected chi connectivity index (χ2v) is 14.4. The molecule has 8 atom stereocenters. The third-order valence-corrected chi connectivity index (χ3v) is 11.9. The zero-order valence-corrected chi connectivity index (χ0v) is 26.5. The van der Waals surface area contributed by atoms with Crippen molar-refractivity contribution < 1.29 is 19.4 Å². The molecule has 0 bridgehead atoms. The fourth-order valence-electron chi connectivity index (χ4n) is 9.46. The minimum absolute atomic E-state index is 0.0112. The third-order valence-electron chi connectivity index (χ3n) is 11.9. The van der Waals surface area contributed by atoms with Crippen molar-refractivity contribution in [1.82, 2.24) is 10.3 Å². The summed E-state index contributed by atoms with van der Waals surface area (Å²) in [6.45, 7) is 7.86. The number of carbonyl (C=O) groups is 1. The minimum atomic E-state index is -0.155. The highest BCUT2D eigenvalue weighted by Gasteiger charge is 2.59. The summed E-state index contributed by atoms with van der Waals surface area (Å²) < 4.78 is 11.9. The molecule has 1 aromatic heterocycles. The summed E-state index contributed by atoms with van der Waals surface area (Å²) in [5.74, 6) is 2.87. The van der Waals surface area contributed by atoms with Crippen molar-refractivity contribution >= 4 is 22.5 Å². The van der Waals surface area contributed by atoms with Gasteiger partial charge in [-0.1, -0.05) is 31.6 Å². The van der Waals surface area contributed by atoms with Gasteiger partial charge in [-0.05, 0) is 112 Å². The summed E-state index contributed by atoms with van der Waals surface area (Å²) in [6, 6.07) is 8.20. The van der Waals surface area contributed by atoms with E-state index >= 15 is 0 Å². The highest BCUT2D eigenvalue weighted by atomic mass is 16.5. The minimum Gasteiger partial charge on any atom is -0.497 e. The molecule has 4 aliphatic rings. The van der Waals surface area contributed by atoms with Crippen LogP contribution in [0.5, 0.6) is 5.75 Å². The predicted octanol–water partition coefficient (Wildman–Crippen LogP) is 6.65. The number of aromatic nitrogens is 1. The Morgan fingerprint density at radius 2 is 2.02 bits per heavy atom. The lowest BCUT2D eigenvalue weighted by molar-refractivity contribution is -0.134. The summed E-state index contributed by atoms with van der Waals surface area (Å²) in [5, 5.41) is 18.0. The fourth-order valence-corrected chi connectivity index (χ4v) is 9.46. The summed E-state index contributed by atoms with van der Waals surface area (Å²) in [5.41, 5.74) is 3.83. The molecular weight excluding hydrogens is 538 g/mol. The second-order valence-electron chi connectivity index (χ2n) is 14.4. The van der Waals surface area contributed by atoms with Crippen LogP contribution in [0.4, 0.5) is 5.69 Å². The molecule has 3 saturated carbocycles. The van der Waals surface area contributed by atoms with Crippen molar-refractivity contribution in [2.45, 2.75) is 103 Å². The van der Waals surface area contributed by atoms with Crippen LogP contribution in [0.2, 0.25) is 0 Å². The molecule has 43 heavy (non-hydrogen) atoms. The van der Waals surface area contributed by atoms with E-state index in [1.807, 2.05) is 30.5 Å². The largest absolute Gasteiger partial charge is 0.497 e. The number of methoxy groups -OCH3 is 1. The van der Waals surface area contributed by atoms with E-state index < -0.39 is 0 Å². The topological polar surface area (TPSA) is 92.7 Å². The van der Waals surface area contributed by atoms with Crippen LogP contribution in [0.1, 0.15) is 85.0 Å². The molecule has 1 aromatic carbocycles. The van der Waals surface area contributed by atoms with Crippen LogP contribution in [0.25, 0.3) is 10.9 Å². The van der Waals surface area contributed by atoms with Crippen molar-refractivity contribution in [2.75, 3.05) is 25.6 Å². The number of aliphatic hydroxyl groups is 1. The SMILES string of the molecule is COc1cc(NC(C)CCCNC(=O)CO[C@H]2CC[C@H]3[C@@H]4CC=C5C[C@@H](O)CC[C@]5(C)[C@H]4CC[C@]23C)c2ncccc2c1. The van der Waals surface area contributed by atoms with Gasteiger partial charge in [0.1, 0.15) is 12.4 Å². The monoisotopic (exact) mass is 589 g/mol. The first-order valence-corrected chi connectivity index (χ1v) is 16.7. The molecule has 1 amide bonds. The van der Waals surface area contributed by atoms with Crippen LogP contribution < -0.4 is 15.4 Å². The van der Waals surface area contributed by atoms with E-state index in [1.54, 1.807) is 7.11 Å². The smallest absolute Gasteiger partial charge is 0.246 e. The van der Waals surface area contributed by atoms with E-state index in [4.69, 9.17) is 9.47 Å². The maximum atomic E-state index is 12.8. The molecule has 1 unspecified atom stereocenters. The Balaban J connectivity index is 0.956. The Morgan fingerprint density at radius 3 is 2.86 bits per heavy atom. The molecule has 3 fully saturated rings. The number of nitrogens with zero attached hydrogens (tertiary/aromatic N) is 1. The zero-order chi connectivity index (χ0) is 30.2. The number of hydrogen-bond acceptors (Lipinski definition) is 6. The summed E-state index contributed by atoms with van der Waals surface area (Å²) in [4.78, 5) is 17.3. The van der Waals surface area contributed by atoms with Gasteiger partial charge in [-0.2, -0.15) is 0 Å². The highest BCUT2D eigenvalue weighted by Crippen LogP contribution is 2.65. The van der Waals surface area contributed by atoms with Crippen molar-refractivity contribution in [2.24, 2.45) is 28.6 Å². The molecule has 7 heteroatoms. The number of fused-ring (bicyclic) bond motifs is 6. The lowest BCUT2D eigenvalue weighted by atomic mass is 9.48. The standard InChI is InChI=1S/C36H51N3O4/c1-23(39-31-21-27(42-4)19-24-8-6-18-38-34(24)31)7-5-17-37-33(41)22-43-32-12-11-29-28-10-9-25-20-26(40)13-15-35(25,2)30(28)14-16-36(29,32)3/h6,8-9,18-19,21,23,26,28-30,32,39-40H,5,7,10-17,20,22H2,1-4H3,(H,37,41)/t23?,26-,28-,29-,30-,32-,35-,36-/m0/s1. The Bertz CT molecular complexity index is 1350.